The molecule has 110 valence electrons. The second-order valence-corrected chi connectivity index (χ2v) is 4.92. The first-order valence-electron chi connectivity index (χ1n) is 6.68. The summed E-state index contributed by atoms with van der Waals surface area (Å²) in [5.74, 6) is -0.167. The molecular weight excluding hydrogens is 278 g/mol. The molecule has 0 saturated carbocycles. The molecule has 4 nitrogen and oxygen atoms in total. The number of unbranched alkanes of at least 4 members (excludes halogenated alkanes) is 1. The molecule has 0 bridgehead atoms. The van der Waals surface area contributed by atoms with Crippen molar-refractivity contribution < 1.29 is 14.3 Å². The van der Waals surface area contributed by atoms with E-state index in [1.54, 1.807) is 31.4 Å². The molecule has 20 heavy (non-hydrogen) atoms. The molecule has 1 amide bonds. The quantitative estimate of drug-likeness (QED) is 0.563. The van der Waals surface area contributed by atoms with Gasteiger partial charge in [-0.2, -0.15) is 0 Å². The fraction of sp³-hybridized carbons (Fsp3) is 0.467. The molecule has 1 N–H and O–H groups in total. The molecule has 1 aromatic rings. The number of carbonyl (C=O) groups is 2. The number of carbonyl (C=O) groups excluding carboxylic acids is 2. The van der Waals surface area contributed by atoms with Crippen LogP contribution in [-0.4, -0.2) is 32.0 Å². The highest BCUT2D eigenvalue weighted by Crippen LogP contribution is 2.13. The number of hydrogen-bond donors (Lipinski definition) is 1. The number of amides is 1. The van der Waals surface area contributed by atoms with E-state index in [0.29, 0.717) is 23.7 Å². The van der Waals surface area contributed by atoms with Crippen LogP contribution >= 0.6 is 11.6 Å². The van der Waals surface area contributed by atoms with Crippen LogP contribution in [0.2, 0.25) is 5.02 Å². The minimum absolute atomic E-state index is 0.0676. The van der Waals surface area contributed by atoms with Crippen LogP contribution < -0.4 is 5.32 Å². The van der Waals surface area contributed by atoms with Gasteiger partial charge in [-0.05, 0) is 25.0 Å². The van der Waals surface area contributed by atoms with Crippen molar-refractivity contribution in [2.24, 2.45) is 0 Å². The molecule has 0 spiro atoms. The molecule has 0 unspecified atom stereocenters. The highest BCUT2D eigenvalue weighted by Gasteiger charge is 2.09. The predicted octanol–water partition coefficient (Wildman–Crippen LogP) is 2.85. The van der Waals surface area contributed by atoms with Gasteiger partial charge >= 0.3 is 0 Å². The maximum Gasteiger partial charge on any atom is 0.220 e. The standard InChI is InChI=1S/C15H20ClNO3/c1-20-10-3-2-9-17-15(19)8-7-14(18)12-5-4-6-13(16)11-12/h4-6,11H,2-3,7-10H2,1H3,(H,17,19). The van der Waals surface area contributed by atoms with E-state index in [1.807, 2.05) is 0 Å². The summed E-state index contributed by atoms with van der Waals surface area (Å²) in [4.78, 5) is 23.4. The van der Waals surface area contributed by atoms with Gasteiger partial charge in [0, 0.05) is 43.7 Å². The van der Waals surface area contributed by atoms with Crippen molar-refractivity contribution in [1.29, 1.82) is 0 Å². The average molecular weight is 298 g/mol. The van der Waals surface area contributed by atoms with Gasteiger partial charge in [0.25, 0.3) is 0 Å². The lowest BCUT2D eigenvalue weighted by Crippen LogP contribution is -2.25. The molecule has 5 heteroatoms. The minimum atomic E-state index is -0.0993. The molecule has 0 atom stereocenters. The van der Waals surface area contributed by atoms with Crippen LogP contribution in [0.25, 0.3) is 0 Å². The predicted molar refractivity (Wildman–Crippen MR) is 79.1 cm³/mol. The first kappa shape index (κ1) is 16.7. The van der Waals surface area contributed by atoms with Gasteiger partial charge < -0.3 is 10.1 Å². The van der Waals surface area contributed by atoms with Gasteiger partial charge in [0.05, 0.1) is 0 Å². The lowest BCUT2D eigenvalue weighted by atomic mass is 10.1. The third-order valence-corrected chi connectivity index (χ3v) is 3.06. The number of Topliss-reactive ketones (excluding diaryl/α,β-unsaturated/α-hetero) is 1. The number of rotatable bonds is 9. The zero-order valence-corrected chi connectivity index (χ0v) is 12.4. The van der Waals surface area contributed by atoms with Gasteiger partial charge in [0.15, 0.2) is 5.78 Å². The molecule has 1 rings (SSSR count). The number of methoxy groups -OCH3 is 1. The molecular formula is C15H20ClNO3. The summed E-state index contributed by atoms with van der Waals surface area (Å²) in [6.07, 6.45) is 2.19. The van der Waals surface area contributed by atoms with Crippen molar-refractivity contribution >= 4 is 23.3 Å². The van der Waals surface area contributed by atoms with Crippen LogP contribution in [0.1, 0.15) is 36.0 Å². The van der Waals surface area contributed by atoms with E-state index in [9.17, 15) is 9.59 Å². The Morgan fingerprint density at radius 2 is 2.05 bits per heavy atom. The Bertz CT molecular complexity index is 448. The van der Waals surface area contributed by atoms with Crippen molar-refractivity contribution in [3.63, 3.8) is 0 Å². The fourth-order valence-electron chi connectivity index (χ4n) is 1.72. The fourth-order valence-corrected chi connectivity index (χ4v) is 1.91. The van der Waals surface area contributed by atoms with Crippen LogP contribution in [0, 0.1) is 0 Å². The molecule has 1 aromatic carbocycles. The molecule has 0 radical (unpaired) electrons. The number of nitrogens with one attached hydrogen (secondary N) is 1. The van der Waals surface area contributed by atoms with E-state index < -0.39 is 0 Å². The Balaban J connectivity index is 2.22. The topological polar surface area (TPSA) is 55.4 Å². The third-order valence-electron chi connectivity index (χ3n) is 2.82. The Labute approximate surface area is 124 Å². The summed E-state index contributed by atoms with van der Waals surface area (Å²) in [5.41, 5.74) is 0.547. The van der Waals surface area contributed by atoms with Crippen LogP contribution in [0.15, 0.2) is 24.3 Å². The number of hydrogen-bond acceptors (Lipinski definition) is 3. The summed E-state index contributed by atoms with van der Waals surface area (Å²) in [5, 5.41) is 3.31. The van der Waals surface area contributed by atoms with E-state index in [-0.39, 0.29) is 24.5 Å². The van der Waals surface area contributed by atoms with E-state index in [1.165, 1.54) is 0 Å². The lowest BCUT2D eigenvalue weighted by molar-refractivity contribution is -0.121. The molecule has 0 aliphatic rings. The Hall–Kier alpha value is -1.39. The lowest BCUT2D eigenvalue weighted by Gasteiger charge is -2.05. The van der Waals surface area contributed by atoms with Crippen molar-refractivity contribution in [2.75, 3.05) is 20.3 Å². The Morgan fingerprint density at radius 3 is 2.75 bits per heavy atom. The number of benzene rings is 1. The van der Waals surface area contributed by atoms with Crippen LogP contribution in [-0.2, 0) is 9.53 Å². The summed E-state index contributed by atoms with van der Waals surface area (Å²) in [6, 6.07) is 6.76. The molecule has 0 saturated heterocycles. The number of ketones is 1. The highest BCUT2D eigenvalue weighted by atomic mass is 35.5. The summed E-state index contributed by atoms with van der Waals surface area (Å²) in [7, 11) is 1.65. The number of halogens is 1. The van der Waals surface area contributed by atoms with Crippen LogP contribution in [0.5, 0.6) is 0 Å². The zero-order chi connectivity index (χ0) is 14.8. The van der Waals surface area contributed by atoms with Crippen molar-refractivity contribution in [2.45, 2.75) is 25.7 Å². The van der Waals surface area contributed by atoms with E-state index in [0.717, 1.165) is 12.8 Å². The summed E-state index contributed by atoms with van der Waals surface area (Å²) >= 11 is 5.82. The van der Waals surface area contributed by atoms with Gasteiger partial charge in [-0.3, -0.25) is 9.59 Å². The van der Waals surface area contributed by atoms with Gasteiger partial charge in [-0.25, -0.2) is 0 Å². The average Bonchev–Trinajstić information content (AvgIpc) is 2.44. The Kier molecular flexibility index (Phi) is 7.92. The largest absolute Gasteiger partial charge is 0.385 e. The van der Waals surface area contributed by atoms with Gasteiger partial charge in [0.2, 0.25) is 5.91 Å². The maximum absolute atomic E-state index is 11.9. The van der Waals surface area contributed by atoms with Crippen LogP contribution in [0.4, 0.5) is 0 Å². The van der Waals surface area contributed by atoms with Crippen molar-refractivity contribution in [3.8, 4) is 0 Å². The second-order valence-electron chi connectivity index (χ2n) is 4.48. The monoisotopic (exact) mass is 297 g/mol. The maximum atomic E-state index is 11.9. The van der Waals surface area contributed by atoms with Gasteiger partial charge in [-0.1, -0.05) is 23.7 Å². The molecule has 0 aliphatic heterocycles. The van der Waals surface area contributed by atoms with Gasteiger partial charge in [-0.15, -0.1) is 0 Å². The SMILES string of the molecule is COCCCCNC(=O)CCC(=O)c1cccc(Cl)c1. The molecule has 0 aromatic heterocycles. The third kappa shape index (κ3) is 6.68. The zero-order valence-electron chi connectivity index (χ0n) is 11.7. The van der Waals surface area contributed by atoms with E-state index in [2.05, 4.69) is 5.32 Å². The number of ether oxygens (including phenoxy) is 1. The highest BCUT2D eigenvalue weighted by molar-refractivity contribution is 6.31. The Morgan fingerprint density at radius 1 is 1.25 bits per heavy atom. The summed E-state index contributed by atoms with van der Waals surface area (Å²) in [6.45, 7) is 1.32. The molecule has 0 fully saturated rings. The van der Waals surface area contributed by atoms with E-state index >= 15 is 0 Å². The first-order chi connectivity index (χ1) is 9.63. The van der Waals surface area contributed by atoms with Crippen molar-refractivity contribution in [3.05, 3.63) is 34.9 Å². The minimum Gasteiger partial charge on any atom is -0.385 e. The second kappa shape index (κ2) is 9.50. The first-order valence-corrected chi connectivity index (χ1v) is 7.05. The normalized spacial score (nSPS) is 10.3. The van der Waals surface area contributed by atoms with Crippen LogP contribution in [0.3, 0.4) is 0 Å². The molecule has 0 aliphatic carbocycles. The van der Waals surface area contributed by atoms with Crippen molar-refractivity contribution in [1.82, 2.24) is 5.32 Å². The smallest absolute Gasteiger partial charge is 0.220 e. The van der Waals surface area contributed by atoms with E-state index in [4.69, 9.17) is 16.3 Å². The van der Waals surface area contributed by atoms with Gasteiger partial charge in [0.1, 0.15) is 0 Å². The molecule has 0 heterocycles. The summed E-state index contributed by atoms with van der Waals surface area (Å²) < 4.78 is 4.92.